The van der Waals surface area contributed by atoms with Crippen LogP contribution >= 0.6 is 0 Å². The van der Waals surface area contributed by atoms with Crippen molar-refractivity contribution in [2.24, 2.45) is 5.92 Å². The Morgan fingerprint density at radius 1 is 0.897 bits per heavy atom. The topological polar surface area (TPSA) is 56.8 Å². The smallest absolute Gasteiger partial charge is 0.253 e. The van der Waals surface area contributed by atoms with Crippen LogP contribution in [0.5, 0.6) is 0 Å². The lowest BCUT2D eigenvalue weighted by atomic mass is 9.95. The number of amides is 2. The highest BCUT2D eigenvalue weighted by molar-refractivity contribution is 5.94. The molecule has 0 saturated carbocycles. The second kappa shape index (κ2) is 9.18. The van der Waals surface area contributed by atoms with E-state index in [1.54, 1.807) is 0 Å². The van der Waals surface area contributed by atoms with E-state index in [0.717, 1.165) is 57.8 Å². The Labute approximate surface area is 172 Å². The number of rotatable bonds is 4. The van der Waals surface area contributed by atoms with Gasteiger partial charge in [0.25, 0.3) is 5.91 Å². The monoisotopic (exact) mass is 392 g/mol. The molecule has 0 bridgehead atoms. The van der Waals surface area contributed by atoms with E-state index < -0.39 is 0 Å². The van der Waals surface area contributed by atoms with Gasteiger partial charge in [0.2, 0.25) is 5.91 Å². The Balaban J connectivity index is 1.30. The van der Waals surface area contributed by atoms with Gasteiger partial charge in [-0.3, -0.25) is 19.5 Å². The Bertz CT molecular complexity index is 819. The van der Waals surface area contributed by atoms with Crippen LogP contribution in [0.25, 0.3) is 0 Å². The molecule has 2 aromatic rings. The lowest BCUT2D eigenvalue weighted by Gasteiger charge is -2.39. The molecule has 0 unspecified atom stereocenters. The molecule has 152 valence electrons. The van der Waals surface area contributed by atoms with Gasteiger partial charge in [0.1, 0.15) is 0 Å². The van der Waals surface area contributed by atoms with E-state index in [9.17, 15) is 9.59 Å². The van der Waals surface area contributed by atoms with Crippen molar-refractivity contribution in [1.29, 1.82) is 0 Å². The fourth-order valence-corrected chi connectivity index (χ4v) is 4.23. The van der Waals surface area contributed by atoms with Crippen LogP contribution in [0.15, 0.2) is 54.7 Å². The molecule has 2 fully saturated rings. The van der Waals surface area contributed by atoms with Gasteiger partial charge in [-0.15, -0.1) is 0 Å². The van der Waals surface area contributed by atoms with Crippen molar-refractivity contribution >= 4 is 11.8 Å². The molecule has 29 heavy (non-hydrogen) atoms. The first-order valence-electron chi connectivity index (χ1n) is 10.5. The van der Waals surface area contributed by atoms with E-state index in [0.29, 0.717) is 12.1 Å². The number of piperazine rings is 1. The Morgan fingerprint density at radius 2 is 1.66 bits per heavy atom. The van der Waals surface area contributed by atoms with Crippen molar-refractivity contribution in [2.75, 3.05) is 39.3 Å². The number of carbonyl (C=O) groups excluding carboxylic acids is 2. The molecule has 1 aromatic carbocycles. The van der Waals surface area contributed by atoms with Crippen molar-refractivity contribution < 1.29 is 9.59 Å². The van der Waals surface area contributed by atoms with Crippen LogP contribution in [0.1, 0.15) is 28.9 Å². The summed E-state index contributed by atoms with van der Waals surface area (Å²) in [5.74, 6) is 0.148. The standard InChI is InChI=1S/C23H28N4O2/c28-22(19-7-2-1-3-8-19)27-12-6-9-20(17-27)23(29)26-15-13-25(14-16-26)18-21-10-4-5-11-24-21/h1-5,7-8,10-11,20H,6,9,12-18H2/t20-/m1/s1. The molecule has 0 spiro atoms. The summed E-state index contributed by atoms with van der Waals surface area (Å²) in [5.41, 5.74) is 1.76. The normalized spacial score (nSPS) is 20.5. The summed E-state index contributed by atoms with van der Waals surface area (Å²) in [6, 6.07) is 15.3. The third kappa shape index (κ3) is 4.82. The molecule has 2 amide bonds. The lowest BCUT2D eigenvalue weighted by Crippen LogP contribution is -2.52. The van der Waals surface area contributed by atoms with Crippen LogP contribution in [0.3, 0.4) is 0 Å². The first-order chi connectivity index (χ1) is 14.2. The lowest BCUT2D eigenvalue weighted by molar-refractivity contribution is -0.138. The molecule has 1 atom stereocenters. The predicted molar refractivity (Wildman–Crippen MR) is 111 cm³/mol. The van der Waals surface area contributed by atoms with E-state index in [4.69, 9.17) is 0 Å². The van der Waals surface area contributed by atoms with Crippen molar-refractivity contribution in [3.05, 3.63) is 66.0 Å². The van der Waals surface area contributed by atoms with Crippen molar-refractivity contribution in [3.8, 4) is 0 Å². The molecular formula is C23H28N4O2. The van der Waals surface area contributed by atoms with Gasteiger partial charge in [0.15, 0.2) is 0 Å². The van der Waals surface area contributed by atoms with Gasteiger partial charge in [-0.25, -0.2) is 0 Å². The number of aromatic nitrogens is 1. The number of piperidine rings is 1. The maximum Gasteiger partial charge on any atom is 0.253 e. The molecular weight excluding hydrogens is 364 g/mol. The summed E-state index contributed by atoms with van der Waals surface area (Å²) in [5, 5.41) is 0. The first-order valence-corrected chi connectivity index (χ1v) is 10.5. The summed E-state index contributed by atoms with van der Waals surface area (Å²) >= 11 is 0. The molecule has 4 rings (SSSR count). The number of nitrogens with zero attached hydrogens (tertiary/aromatic N) is 4. The average Bonchev–Trinajstić information content (AvgIpc) is 2.80. The molecule has 6 heteroatoms. The average molecular weight is 393 g/mol. The molecule has 6 nitrogen and oxygen atoms in total. The quantitative estimate of drug-likeness (QED) is 0.801. The minimum absolute atomic E-state index is 0.0308. The summed E-state index contributed by atoms with van der Waals surface area (Å²) < 4.78 is 0. The van der Waals surface area contributed by atoms with Crippen molar-refractivity contribution in [1.82, 2.24) is 19.7 Å². The van der Waals surface area contributed by atoms with Crippen molar-refractivity contribution in [3.63, 3.8) is 0 Å². The SMILES string of the molecule is O=C(c1ccccc1)N1CCC[C@@H](C(=O)N2CCN(Cc3ccccn3)CC2)C1. The van der Waals surface area contributed by atoms with E-state index in [1.807, 2.05) is 64.5 Å². The van der Waals surface area contributed by atoms with Crippen LogP contribution in [0, 0.1) is 5.92 Å². The Kier molecular flexibility index (Phi) is 6.20. The number of hydrogen-bond acceptors (Lipinski definition) is 4. The zero-order valence-corrected chi connectivity index (χ0v) is 16.7. The number of benzene rings is 1. The Morgan fingerprint density at radius 3 is 2.38 bits per heavy atom. The van der Waals surface area contributed by atoms with Crippen LogP contribution in [-0.4, -0.2) is 70.8 Å². The fourth-order valence-electron chi connectivity index (χ4n) is 4.23. The maximum atomic E-state index is 13.1. The van der Waals surface area contributed by atoms with Gasteiger partial charge in [0.05, 0.1) is 11.6 Å². The second-order valence-corrected chi connectivity index (χ2v) is 7.88. The van der Waals surface area contributed by atoms with Crippen LogP contribution in [0.4, 0.5) is 0 Å². The summed E-state index contributed by atoms with van der Waals surface area (Å²) in [6.07, 6.45) is 3.57. The van der Waals surface area contributed by atoms with E-state index in [-0.39, 0.29) is 17.7 Å². The largest absolute Gasteiger partial charge is 0.340 e. The zero-order chi connectivity index (χ0) is 20.1. The van der Waals surface area contributed by atoms with Crippen LogP contribution in [0.2, 0.25) is 0 Å². The molecule has 2 aliphatic heterocycles. The third-order valence-electron chi connectivity index (χ3n) is 5.87. The van der Waals surface area contributed by atoms with Gasteiger partial charge < -0.3 is 9.80 Å². The minimum atomic E-state index is -0.0845. The maximum absolute atomic E-state index is 13.1. The van der Waals surface area contributed by atoms with Crippen molar-refractivity contribution in [2.45, 2.75) is 19.4 Å². The number of carbonyl (C=O) groups is 2. The fraction of sp³-hybridized carbons (Fsp3) is 0.435. The molecule has 0 aliphatic carbocycles. The molecule has 2 saturated heterocycles. The predicted octanol–water partition coefficient (Wildman–Crippen LogP) is 2.28. The van der Waals surface area contributed by atoms with Gasteiger partial charge in [-0.2, -0.15) is 0 Å². The first kappa shape index (κ1) is 19.6. The van der Waals surface area contributed by atoms with Crippen LogP contribution in [-0.2, 0) is 11.3 Å². The summed E-state index contributed by atoms with van der Waals surface area (Å²) in [7, 11) is 0. The molecule has 0 radical (unpaired) electrons. The molecule has 3 heterocycles. The molecule has 2 aliphatic rings. The minimum Gasteiger partial charge on any atom is -0.340 e. The third-order valence-corrected chi connectivity index (χ3v) is 5.87. The highest BCUT2D eigenvalue weighted by Gasteiger charge is 2.32. The second-order valence-electron chi connectivity index (χ2n) is 7.88. The number of pyridine rings is 1. The number of likely N-dealkylation sites (tertiary alicyclic amines) is 1. The highest BCUT2D eigenvalue weighted by Crippen LogP contribution is 2.21. The van der Waals surface area contributed by atoms with Gasteiger partial charge in [-0.1, -0.05) is 24.3 Å². The van der Waals surface area contributed by atoms with E-state index in [1.165, 1.54) is 0 Å². The van der Waals surface area contributed by atoms with Gasteiger partial charge >= 0.3 is 0 Å². The van der Waals surface area contributed by atoms with E-state index >= 15 is 0 Å². The summed E-state index contributed by atoms with van der Waals surface area (Å²) in [4.78, 5) is 36.4. The Hall–Kier alpha value is -2.73. The molecule has 1 aromatic heterocycles. The summed E-state index contributed by atoms with van der Waals surface area (Å²) in [6.45, 7) is 5.30. The van der Waals surface area contributed by atoms with E-state index in [2.05, 4.69) is 9.88 Å². The van der Waals surface area contributed by atoms with Gasteiger partial charge in [-0.05, 0) is 37.1 Å². The molecule has 0 N–H and O–H groups in total. The van der Waals surface area contributed by atoms with Crippen LogP contribution < -0.4 is 0 Å². The number of hydrogen-bond donors (Lipinski definition) is 0. The zero-order valence-electron chi connectivity index (χ0n) is 16.7. The van der Waals surface area contributed by atoms with Gasteiger partial charge in [0, 0.05) is 57.6 Å². The highest BCUT2D eigenvalue weighted by atomic mass is 16.2.